The molecule has 2 aromatic carbocycles. The maximum atomic E-state index is 13.0. The van der Waals surface area contributed by atoms with Gasteiger partial charge in [-0.25, -0.2) is 0 Å². The first-order chi connectivity index (χ1) is 33.0. The number of aliphatic hydroxyl groups excluding tert-OH is 4. The van der Waals surface area contributed by atoms with Crippen molar-refractivity contribution in [3.05, 3.63) is 47.5 Å². The molecular weight excluding hydrogens is 937 g/mol. The monoisotopic (exact) mass is 1010 g/mol. The van der Waals surface area contributed by atoms with Crippen LogP contribution in [0.5, 0.6) is 0 Å². The van der Waals surface area contributed by atoms with Crippen molar-refractivity contribution >= 4 is 67.3 Å². The third kappa shape index (κ3) is 17.6. The average molecular weight is 1010 g/mol. The minimum absolute atomic E-state index is 0.0000921. The quantitative estimate of drug-likeness (QED) is 0.0242. The van der Waals surface area contributed by atoms with E-state index >= 15 is 0 Å². The van der Waals surface area contributed by atoms with Crippen LogP contribution in [-0.4, -0.2) is 191 Å². The van der Waals surface area contributed by atoms with Crippen LogP contribution in [0.2, 0.25) is 0 Å². The molecule has 0 saturated carbocycles. The van der Waals surface area contributed by atoms with Gasteiger partial charge in [-0.3, -0.25) is 9.11 Å². The van der Waals surface area contributed by atoms with Crippen LogP contribution in [0.3, 0.4) is 0 Å². The summed E-state index contributed by atoms with van der Waals surface area (Å²) in [4.78, 5) is 33.6. The summed E-state index contributed by atoms with van der Waals surface area (Å²) in [5.41, 5.74) is 0.612. The van der Waals surface area contributed by atoms with Gasteiger partial charge in [0.05, 0.1) is 36.2 Å². The Morgan fingerprint density at radius 1 is 0.536 bits per heavy atom. The summed E-state index contributed by atoms with van der Waals surface area (Å²) < 4.78 is 72.7. The van der Waals surface area contributed by atoms with Gasteiger partial charge in [-0.1, -0.05) is 46.8 Å². The van der Waals surface area contributed by atoms with Gasteiger partial charge in [-0.15, -0.1) is 0 Å². The van der Waals surface area contributed by atoms with Crippen molar-refractivity contribution in [1.29, 1.82) is 0 Å². The molecule has 0 amide bonds. The summed E-state index contributed by atoms with van der Waals surface area (Å²) in [6.45, 7) is 15.7. The zero-order valence-corrected chi connectivity index (χ0v) is 41.7. The van der Waals surface area contributed by atoms with Crippen LogP contribution in [0.15, 0.2) is 46.2 Å². The fourth-order valence-electron chi connectivity index (χ4n) is 7.46. The molecule has 384 valence electrons. The molecule has 26 heteroatoms. The van der Waals surface area contributed by atoms with Crippen LogP contribution in [0.25, 0.3) is 0 Å². The number of anilines is 8. The summed E-state index contributed by atoms with van der Waals surface area (Å²) >= 11 is 0. The summed E-state index contributed by atoms with van der Waals surface area (Å²) in [5.74, 6) is -0.0881. The highest BCUT2D eigenvalue weighted by Crippen LogP contribution is 2.33. The van der Waals surface area contributed by atoms with Gasteiger partial charge in [0.25, 0.3) is 20.2 Å². The Hall–Kier alpha value is -5.16. The predicted molar refractivity (Wildman–Crippen MR) is 265 cm³/mol. The molecule has 4 rings (SSSR count). The van der Waals surface area contributed by atoms with Crippen LogP contribution in [0.4, 0.5) is 47.1 Å². The molecule has 1 atom stereocenters. The van der Waals surface area contributed by atoms with Crippen molar-refractivity contribution in [3.8, 4) is 0 Å². The Morgan fingerprint density at radius 2 is 0.928 bits per heavy atom. The van der Waals surface area contributed by atoms with E-state index in [1.807, 2.05) is 0 Å². The smallest absolute Gasteiger partial charge is 0.294 e. The first-order valence-corrected chi connectivity index (χ1v) is 26.0. The number of nitrogens with one attached hydrogen (secondary N) is 4. The van der Waals surface area contributed by atoms with Crippen molar-refractivity contribution < 1.29 is 46.4 Å². The van der Waals surface area contributed by atoms with Gasteiger partial charge >= 0.3 is 0 Å². The fourth-order valence-corrected chi connectivity index (χ4v) is 9.06. The minimum Gasteiger partial charge on any atom is -0.395 e. The van der Waals surface area contributed by atoms with Crippen LogP contribution in [-0.2, 0) is 26.7 Å². The number of nitrogens with zero attached hydrogens (tertiary/aromatic N) is 10. The molecule has 0 aliphatic heterocycles. The Kier molecular flexibility index (Phi) is 22.8. The van der Waals surface area contributed by atoms with E-state index in [1.54, 1.807) is 16.7 Å². The maximum Gasteiger partial charge on any atom is 0.294 e. The molecule has 0 aliphatic rings. The fraction of sp³-hybridized carbons (Fsp3) is 0.581. The highest BCUT2D eigenvalue weighted by Gasteiger charge is 2.25. The molecule has 24 nitrogen and oxygen atoms in total. The SMILES string of the molecule is CCN(CC)CCCNc1nc(Nc2ccc(CC(C)c3ccc(Nc4nc(NCCCN(CC)CC)nc(N(CCO)CCO)n4)cc3S(=O)(=O)O)c(S(=O)(=O)O)c2)nc(N(CCO)CCO)n1. The topological polar surface area (TPSA) is 328 Å². The Bertz CT molecular complexity index is 2420. The van der Waals surface area contributed by atoms with E-state index in [1.165, 1.54) is 36.4 Å². The van der Waals surface area contributed by atoms with Crippen molar-refractivity contribution in [2.45, 2.75) is 69.6 Å². The molecular formula is C43H70N14O10S2. The van der Waals surface area contributed by atoms with Crippen LogP contribution < -0.4 is 31.1 Å². The van der Waals surface area contributed by atoms with Crippen molar-refractivity contribution in [2.24, 2.45) is 0 Å². The van der Waals surface area contributed by atoms with E-state index in [9.17, 15) is 46.4 Å². The molecule has 0 aliphatic carbocycles. The summed E-state index contributed by atoms with van der Waals surface area (Å²) in [5, 5.41) is 51.1. The lowest BCUT2D eigenvalue weighted by molar-refractivity contribution is 0.279. The Balaban J connectivity index is 1.64. The summed E-state index contributed by atoms with van der Waals surface area (Å²) in [6.07, 6.45) is 1.46. The number of aromatic nitrogens is 6. The molecule has 0 radical (unpaired) electrons. The first kappa shape index (κ1) is 56.4. The lowest BCUT2D eigenvalue weighted by Gasteiger charge is -2.22. The van der Waals surface area contributed by atoms with Gasteiger partial charge in [0.15, 0.2) is 0 Å². The molecule has 0 saturated heterocycles. The second kappa shape index (κ2) is 27.9. The average Bonchev–Trinajstić information content (AvgIpc) is 3.31. The summed E-state index contributed by atoms with van der Waals surface area (Å²) in [6, 6.07) is 8.36. The molecule has 0 fully saturated rings. The number of rotatable bonds is 33. The van der Waals surface area contributed by atoms with Gasteiger partial charge in [0.1, 0.15) is 0 Å². The number of benzene rings is 2. The van der Waals surface area contributed by atoms with Crippen LogP contribution in [0, 0.1) is 0 Å². The van der Waals surface area contributed by atoms with E-state index in [4.69, 9.17) is 0 Å². The Labute approximate surface area is 405 Å². The third-order valence-corrected chi connectivity index (χ3v) is 13.0. The Morgan fingerprint density at radius 3 is 1.32 bits per heavy atom. The molecule has 4 aromatic rings. The minimum atomic E-state index is -4.88. The van der Waals surface area contributed by atoms with Gasteiger partial charge < -0.3 is 61.3 Å². The maximum absolute atomic E-state index is 13.0. The predicted octanol–water partition coefficient (Wildman–Crippen LogP) is 2.25. The van der Waals surface area contributed by atoms with Crippen molar-refractivity contribution in [2.75, 3.05) is 136 Å². The number of hydrogen-bond acceptors (Lipinski definition) is 22. The second-order valence-corrected chi connectivity index (χ2v) is 18.7. The molecule has 0 bridgehead atoms. The van der Waals surface area contributed by atoms with Crippen LogP contribution >= 0.6 is 0 Å². The van der Waals surface area contributed by atoms with Gasteiger partial charge in [0, 0.05) is 50.6 Å². The molecule has 1 unspecified atom stereocenters. The standard InChI is InChI=1S/C43H70N14O10S2/c1-6-54(7-2)18-10-16-44-38-48-40(52-42(50-38)56(20-24-58)21-25-59)46-33-13-12-32(36(29-33)68(62,63)64)28-31(5)35-15-14-34(30-37(35)69(65,66)67)47-41-49-39(45-17-11-19-55(8-3)9-4)51-43(53-41)57(22-26-60)23-27-61/h12-15,29-31,58-61H,6-11,16-28H2,1-5H3,(H,62,63,64)(H,65,66,67)(H2,44,46,48,50,52)(H2,45,47,49,51,53). The van der Waals surface area contributed by atoms with Crippen molar-refractivity contribution in [3.63, 3.8) is 0 Å². The van der Waals surface area contributed by atoms with Crippen LogP contribution in [0.1, 0.15) is 64.5 Å². The summed E-state index contributed by atoms with van der Waals surface area (Å²) in [7, 11) is -9.75. The largest absolute Gasteiger partial charge is 0.395 e. The number of aliphatic hydroxyl groups is 4. The molecule has 69 heavy (non-hydrogen) atoms. The van der Waals surface area contributed by atoms with Gasteiger partial charge in [0.2, 0.25) is 35.7 Å². The lowest BCUT2D eigenvalue weighted by Crippen LogP contribution is -2.32. The third-order valence-electron chi connectivity index (χ3n) is 11.2. The molecule has 10 N–H and O–H groups in total. The normalized spacial score (nSPS) is 12.4. The van der Waals surface area contributed by atoms with E-state index in [0.29, 0.717) is 13.1 Å². The zero-order chi connectivity index (χ0) is 50.6. The first-order valence-electron chi connectivity index (χ1n) is 23.1. The molecule has 2 aromatic heterocycles. The van der Waals surface area contributed by atoms with E-state index in [-0.39, 0.29) is 117 Å². The lowest BCUT2D eigenvalue weighted by atomic mass is 9.93. The molecule has 2 heterocycles. The van der Waals surface area contributed by atoms with Gasteiger partial charge in [-0.2, -0.15) is 46.7 Å². The van der Waals surface area contributed by atoms with Gasteiger partial charge in [-0.05, 0) is 99.8 Å². The highest BCUT2D eigenvalue weighted by molar-refractivity contribution is 7.86. The van der Waals surface area contributed by atoms with E-state index in [2.05, 4.69) is 88.7 Å². The second-order valence-electron chi connectivity index (χ2n) is 15.9. The van der Waals surface area contributed by atoms with Crippen molar-refractivity contribution in [1.82, 2.24) is 39.7 Å². The molecule has 0 spiro atoms. The highest BCUT2D eigenvalue weighted by atomic mass is 32.2. The zero-order valence-electron chi connectivity index (χ0n) is 40.1. The van der Waals surface area contributed by atoms with E-state index in [0.717, 1.165) is 52.1 Å². The number of hydrogen-bond donors (Lipinski definition) is 10. The van der Waals surface area contributed by atoms with E-state index < -0.39 is 35.9 Å².